The SMILES string of the molecule is CN(C)CCCNC(=O)CCNC(=O)c1cc(NC(=O)c2cc(NC(=O)c3cc(NC(=O)[C@@H](N)CCNC(=O)c4cc(NC(=O)c5cc(NC(=O)c6nccn6C)cn5C)cn4C)cn3C)cn2C)cn1C. The lowest BCUT2D eigenvalue weighted by atomic mass is 10.2. The highest BCUT2D eigenvalue weighted by molar-refractivity contribution is 6.09. The zero-order valence-corrected chi connectivity index (χ0v) is 41.4. The number of hydrogen-bond acceptors (Lipinski definition) is 11. The lowest BCUT2D eigenvalue weighted by molar-refractivity contribution is -0.121. The molecule has 0 radical (unpaired) electrons. The Hall–Kier alpha value is -8.71. The van der Waals surface area contributed by atoms with Gasteiger partial charge in [0.1, 0.15) is 28.5 Å². The van der Waals surface area contributed by atoms with Gasteiger partial charge in [-0.15, -0.1) is 0 Å². The number of nitrogens with zero attached hydrogens (tertiary/aromatic N) is 8. The number of amides is 8. The van der Waals surface area contributed by atoms with E-state index in [-0.39, 0.29) is 66.1 Å². The summed E-state index contributed by atoms with van der Waals surface area (Å²) in [7, 11) is 13.8. The summed E-state index contributed by atoms with van der Waals surface area (Å²) in [5.74, 6) is -3.32. The molecular formula is C47H61N17O8. The summed E-state index contributed by atoms with van der Waals surface area (Å²) in [6.45, 7) is 1.58. The fourth-order valence-corrected chi connectivity index (χ4v) is 7.54. The standard InChI is InChI=1S/C47H61N17O8/c1-58(2)16-9-12-49-39(65)11-14-52-43(68)35-19-30(25-61(35)5)54-45(70)37-21-31(26-63(37)7)56-44(69)36-20-28(23-62(36)6)53-41(66)33(48)10-13-51-42(67)34-18-29(24-60(34)4)55-46(71)38-22-32(27-64(38)8)57-47(72)40-50-15-17-59(40)3/h15,17-27,33H,9-14,16,48H2,1-8H3,(H,49,65)(H,51,67)(H,52,68)(H,53,66)(H,54,70)(H,55,71)(H,56,69)(H,57,72)/t33-/m0/s1. The van der Waals surface area contributed by atoms with E-state index < -0.39 is 47.4 Å². The minimum Gasteiger partial charge on any atom is -0.356 e. The van der Waals surface area contributed by atoms with Gasteiger partial charge in [-0.3, -0.25) is 38.4 Å². The summed E-state index contributed by atoms with van der Waals surface area (Å²) in [5.41, 5.74) is 9.05. The largest absolute Gasteiger partial charge is 0.356 e. The summed E-state index contributed by atoms with van der Waals surface area (Å²) in [6.07, 6.45) is 12.0. The van der Waals surface area contributed by atoms with Crippen molar-refractivity contribution in [3.63, 3.8) is 0 Å². The molecule has 0 bridgehead atoms. The Morgan fingerprint density at radius 1 is 0.514 bits per heavy atom. The Balaban J connectivity index is 0.932. The third-order valence-corrected chi connectivity index (χ3v) is 11.3. The van der Waals surface area contributed by atoms with Crippen LogP contribution in [0.5, 0.6) is 0 Å². The molecule has 10 N–H and O–H groups in total. The number of nitrogens with one attached hydrogen (secondary N) is 8. The van der Waals surface area contributed by atoms with Gasteiger partial charge in [0, 0.05) is 112 Å². The fourth-order valence-electron chi connectivity index (χ4n) is 7.54. The van der Waals surface area contributed by atoms with E-state index in [0.717, 1.165) is 13.0 Å². The molecule has 0 aliphatic carbocycles. The summed E-state index contributed by atoms with van der Waals surface area (Å²) < 4.78 is 9.26. The molecule has 6 aromatic rings. The molecule has 6 heterocycles. The first-order chi connectivity index (χ1) is 34.2. The zero-order valence-electron chi connectivity index (χ0n) is 41.4. The van der Waals surface area contributed by atoms with Gasteiger partial charge in [-0.25, -0.2) is 4.98 Å². The van der Waals surface area contributed by atoms with E-state index in [2.05, 4.69) is 47.5 Å². The molecule has 0 aliphatic heterocycles. The second kappa shape index (κ2) is 23.3. The molecule has 0 spiro atoms. The van der Waals surface area contributed by atoms with Crippen molar-refractivity contribution in [2.75, 3.05) is 66.9 Å². The molecule has 72 heavy (non-hydrogen) atoms. The van der Waals surface area contributed by atoms with E-state index in [9.17, 15) is 38.4 Å². The first-order valence-electron chi connectivity index (χ1n) is 22.8. The van der Waals surface area contributed by atoms with Gasteiger partial charge in [0.05, 0.1) is 34.5 Å². The average molecular weight is 992 g/mol. The van der Waals surface area contributed by atoms with E-state index in [4.69, 9.17) is 5.73 Å². The van der Waals surface area contributed by atoms with Crippen LogP contribution in [0.1, 0.15) is 82.3 Å². The van der Waals surface area contributed by atoms with Crippen molar-refractivity contribution in [3.05, 3.63) is 108 Å². The minimum absolute atomic E-state index is 0.0416. The Morgan fingerprint density at radius 2 is 0.903 bits per heavy atom. The van der Waals surface area contributed by atoms with Gasteiger partial charge < -0.3 is 80.6 Å². The van der Waals surface area contributed by atoms with Crippen molar-refractivity contribution < 1.29 is 38.4 Å². The topological polar surface area (TPSA) is 305 Å². The molecule has 0 aromatic carbocycles. The second-order valence-corrected chi connectivity index (χ2v) is 17.5. The van der Waals surface area contributed by atoms with Gasteiger partial charge in [-0.1, -0.05) is 0 Å². The van der Waals surface area contributed by atoms with Gasteiger partial charge >= 0.3 is 0 Å². The number of carbonyl (C=O) groups excluding carboxylic acids is 8. The average Bonchev–Trinajstić information content (AvgIpc) is 4.18. The highest BCUT2D eigenvalue weighted by Gasteiger charge is 2.22. The molecule has 1 atom stereocenters. The van der Waals surface area contributed by atoms with Crippen LogP contribution in [0.15, 0.2) is 73.7 Å². The number of hydrogen-bond donors (Lipinski definition) is 9. The summed E-state index contributed by atoms with van der Waals surface area (Å²) in [5, 5.41) is 22.0. The number of carbonyl (C=O) groups is 8. The Labute approximate surface area is 414 Å². The van der Waals surface area contributed by atoms with E-state index in [1.165, 1.54) is 56.4 Å². The van der Waals surface area contributed by atoms with Gasteiger partial charge in [-0.2, -0.15) is 0 Å². The molecule has 0 fully saturated rings. The number of imidazole rings is 1. The first-order valence-corrected chi connectivity index (χ1v) is 22.8. The number of anilines is 5. The lowest BCUT2D eigenvalue weighted by Crippen LogP contribution is -2.39. The summed E-state index contributed by atoms with van der Waals surface area (Å²) in [4.78, 5) is 110. The number of aryl methyl sites for hydroxylation is 6. The molecule has 25 nitrogen and oxygen atoms in total. The Bertz CT molecular complexity index is 3000. The van der Waals surface area contributed by atoms with Crippen molar-refractivity contribution in [1.82, 2.24) is 53.2 Å². The van der Waals surface area contributed by atoms with Gasteiger partial charge in [0.2, 0.25) is 11.8 Å². The molecule has 0 unspecified atom stereocenters. The second-order valence-electron chi connectivity index (χ2n) is 17.5. The summed E-state index contributed by atoms with van der Waals surface area (Å²) in [6, 6.07) is 6.46. The number of aromatic nitrogens is 7. The smallest absolute Gasteiger partial charge is 0.291 e. The molecule has 0 saturated carbocycles. The van der Waals surface area contributed by atoms with Gasteiger partial charge in [0.15, 0.2) is 5.82 Å². The normalized spacial score (nSPS) is 11.5. The molecule has 382 valence electrons. The highest BCUT2D eigenvalue weighted by atomic mass is 16.2. The third-order valence-electron chi connectivity index (χ3n) is 11.3. The number of rotatable bonds is 22. The molecule has 8 amide bonds. The molecule has 25 heteroatoms. The van der Waals surface area contributed by atoms with E-state index in [1.54, 1.807) is 87.0 Å². The fraction of sp³-hybridized carbons (Fsp3) is 0.340. The Kier molecular flexibility index (Phi) is 17.0. The maximum atomic E-state index is 13.4. The van der Waals surface area contributed by atoms with Crippen LogP contribution in [0.4, 0.5) is 28.4 Å². The lowest BCUT2D eigenvalue weighted by Gasteiger charge is -2.12. The predicted molar refractivity (Wildman–Crippen MR) is 269 cm³/mol. The Morgan fingerprint density at radius 3 is 1.31 bits per heavy atom. The van der Waals surface area contributed by atoms with Gasteiger partial charge in [0.25, 0.3) is 35.4 Å². The molecule has 0 aliphatic rings. The molecule has 6 aromatic heterocycles. The quantitative estimate of drug-likeness (QED) is 0.0438. The van der Waals surface area contributed by atoms with Crippen LogP contribution in [-0.4, -0.2) is 131 Å². The van der Waals surface area contributed by atoms with Crippen LogP contribution in [0.3, 0.4) is 0 Å². The van der Waals surface area contributed by atoms with Crippen LogP contribution in [0.25, 0.3) is 0 Å². The zero-order chi connectivity index (χ0) is 52.4. The molecular weight excluding hydrogens is 931 g/mol. The van der Waals surface area contributed by atoms with Crippen molar-refractivity contribution in [2.45, 2.75) is 25.3 Å². The van der Waals surface area contributed by atoms with Crippen molar-refractivity contribution in [2.24, 2.45) is 48.0 Å². The van der Waals surface area contributed by atoms with E-state index in [1.807, 2.05) is 19.0 Å². The van der Waals surface area contributed by atoms with Crippen LogP contribution < -0.4 is 48.3 Å². The molecule has 0 saturated heterocycles. The summed E-state index contributed by atoms with van der Waals surface area (Å²) >= 11 is 0. The van der Waals surface area contributed by atoms with E-state index in [0.29, 0.717) is 35.0 Å². The maximum Gasteiger partial charge on any atom is 0.291 e. The maximum absolute atomic E-state index is 13.4. The third kappa shape index (κ3) is 13.5. The minimum atomic E-state index is -1.03. The molecule has 6 rings (SSSR count). The van der Waals surface area contributed by atoms with Gasteiger partial charge in [-0.05, 0) is 63.8 Å². The van der Waals surface area contributed by atoms with Crippen molar-refractivity contribution >= 4 is 75.7 Å². The predicted octanol–water partition coefficient (Wildman–Crippen LogP) is 1.40. The van der Waals surface area contributed by atoms with E-state index >= 15 is 0 Å². The van der Waals surface area contributed by atoms with Crippen LogP contribution in [-0.2, 0) is 51.9 Å². The van der Waals surface area contributed by atoms with Crippen molar-refractivity contribution in [3.8, 4) is 0 Å². The first kappa shape index (κ1) is 52.7. The van der Waals surface area contributed by atoms with Crippen molar-refractivity contribution in [1.29, 1.82) is 0 Å². The van der Waals surface area contributed by atoms with Crippen LogP contribution in [0, 0.1) is 0 Å². The monoisotopic (exact) mass is 991 g/mol. The van der Waals surface area contributed by atoms with Crippen LogP contribution in [0.2, 0.25) is 0 Å². The highest BCUT2D eigenvalue weighted by Crippen LogP contribution is 2.21. The number of nitrogens with two attached hydrogens (primary N) is 1. The van der Waals surface area contributed by atoms with Crippen LogP contribution >= 0.6 is 0 Å².